The van der Waals surface area contributed by atoms with Crippen molar-refractivity contribution >= 4 is 0 Å². The Bertz CT molecular complexity index is 621. The molecule has 1 atom stereocenters. The number of morpholine rings is 1. The van der Waals surface area contributed by atoms with Gasteiger partial charge in [-0.05, 0) is 12.1 Å². The molecule has 0 radical (unpaired) electrons. The van der Waals surface area contributed by atoms with Gasteiger partial charge in [0.25, 0.3) is 5.89 Å². The van der Waals surface area contributed by atoms with Crippen LogP contribution in [0.15, 0.2) is 28.8 Å². The van der Waals surface area contributed by atoms with E-state index in [1.807, 2.05) is 0 Å². The van der Waals surface area contributed by atoms with Gasteiger partial charge in [-0.15, -0.1) is 0 Å². The minimum Gasteiger partial charge on any atom is -0.366 e. The number of nitrogens with zero attached hydrogens (tertiary/aromatic N) is 2. The number of alkyl halides is 3. The summed E-state index contributed by atoms with van der Waals surface area (Å²) < 4.78 is 48.6. The lowest BCUT2D eigenvalue weighted by Crippen LogP contribution is -2.33. The van der Waals surface area contributed by atoms with Crippen molar-refractivity contribution in [3.05, 3.63) is 35.7 Å². The van der Waals surface area contributed by atoms with Gasteiger partial charge in [0.15, 0.2) is 0 Å². The van der Waals surface area contributed by atoms with Crippen molar-refractivity contribution in [2.45, 2.75) is 12.3 Å². The molecular formula is C13H12F3N3O2. The molecule has 112 valence electrons. The lowest BCUT2D eigenvalue weighted by atomic mass is 10.1. The fraction of sp³-hybridized carbons (Fsp3) is 0.385. The molecule has 8 heteroatoms. The summed E-state index contributed by atoms with van der Waals surface area (Å²) in [6, 6.07) is 4.81. The van der Waals surface area contributed by atoms with Crippen LogP contribution in [0.1, 0.15) is 17.6 Å². The fourth-order valence-corrected chi connectivity index (χ4v) is 2.04. The normalized spacial score (nSPS) is 19.7. The SMILES string of the molecule is FC(F)(F)c1cccc(-c2noc([C@H]3CNCCO3)n2)c1. The zero-order valence-corrected chi connectivity index (χ0v) is 10.9. The first-order valence-electron chi connectivity index (χ1n) is 6.37. The zero-order valence-electron chi connectivity index (χ0n) is 10.9. The summed E-state index contributed by atoms with van der Waals surface area (Å²) in [5.41, 5.74) is -0.495. The molecule has 1 fully saturated rings. The third-order valence-corrected chi connectivity index (χ3v) is 3.09. The van der Waals surface area contributed by atoms with Gasteiger partial charge in [-0.25, -0.2) is 0 Å². The Morgan fingerprint density at radius 3 is 2.86 bits per heavy atom. The highest BCUT2D eigenvalue weighted by Crippen LogP contribution is 2.31. The topological polar surface area (TPSA) is 60.2 Å². The molecule has 1 aromatic carbocycles. The molecule has 1 aromatic heterocycles. The zero-order chi connectivity index (χ0) is 14.9. The molecule has 0 spiro atoms. The third-order valence-electron chi connectivity index (χ3n) is 3.09. The van der Waals surface area contributed by atoms with Gasteiger partial charge in [-0.3, -0.25) is 0 Å². The van der Waals surface area contributed by atoms with E-state index in [9.17, 15) is 13.2 Å². The Balaban J connectivity index is 1.86. The van der Waals surface area contributed by atoms with Gasteiger partial charge >= 0.3 is 6.18 Å². The molecule has 1 saturated heterocycles. The second kappa shape index (κ2) is 5.45. The second-order valence-corrected chi connectivity index (χ2v) is 4.60. The van der Waals surface area contributed by atoms with E-state index in [1.54, 1.807) is 0 Å². The Hall–Kier alpha value is -1.93. The number of hydrogen-bond donors (Lipinski definition) is 1. The molecule has 2 heterocycles. The molecule has 5 nitrogen and oxygen atoms in total. The van der Waals surface area contributed by atoms with Crippen molar-refractivity contribution in [1.82, 2.24) is 15.5 Å². The van der Waals surface area contributed by atoms with Gasteiger partial charge in [0.05, 0.1) is 12.2 Å². The third kappa shape index (κ3) is 3.06. The van der Waals surface area contributed by atoms with Crippen molar-refractivity contribution in [2.75, 3.05) is 19.7 Å². The van der Waals surface area contributed by atoms with E-state index in [1.165, 1.54) is 12.1 Å². The van der Waals surface area contributed by atoms with Gasteiger partial charge in [-0.1, -0.05) is 17.3 Å². The highest BCUT2D eigenvalue weighted by Gasteiger charge is 2.31. The Kier molecular flexibility index (Phi) is 3.64. The number of ether oxygens (including phenoxy) is 1. The monoisotopic (exact) mass is 299 g/mol. The van der Waals surface area contributed by atoms with Crippen LogP contribution in [0.25, 0.3) is 11.4 Å². The predicted octanol–water partition coefficient (Wildman–Crippen LogP) is 2.42. The van der Waals surface area contributed by atoms with E-state index in [4.69, 9.17) is 9.26 Å². The van der Waals surface area contributed by atoms with Crippen LogP contribution < -0.4 is 5.32 Å². The van der Waals surface area contributed by atoms with Gasteiger partial charge in [0, 0.05) is 18.7 Å². The van der Waals surface area contributed by atoms with Crippen LogP contribution in [-0.2, 0) is 10.9 Å². The molecular weight excluding hydrogens is 287 g/mol. The summed E-state index contributed by atoms with van der Waals surface area (Å²) in [7, 11) is 0. The van der Waals surface area contributed by atoms with Gasteiger partial charge < -0.3 is 14.6 Å². The summed E-state index contributed by atoms with van der Waals surface area (Å²) in [5.74, 6) is 0.375. The fourth-order valence-electron chi connectivity index (χ4n) is 2.04. The lowest BCUT2D eigenvalue weighted by molar-refractivity contribution is -0.137. The van der Waals surface area contributed by atoms with Crippen LogP contribution in [0.5, 0.6) is 0 Å². The smallest absolute Gasteiger partial charge is 0.366 e. The molecule has 0 unspecified atom stereocenters. The summed E-state index contributed by atoms with van der Waals surface area (Å²) >= 11 is 0. The van der Waals surface area contributed by atoms with E-state index in [2.05, 4.69) is 15.5 Å². The summed E-state index contributed by atoms with van der Waals surface area (Å²) in [6.07, 6.45) is -4.77. The lowest BCUT2D eigenvalue weighted by Gasteiger charge is -2.19. The Morgan fingerprint density at radius 1 is 1.29 bits per heavy atom. The Labute approximate surface area is 118 Å². The maximum absolute atomic E-state index is 12.7. The van der Waals surface area contributed by atoms with E-state index in [0.29, 0.717) is 13.2 Å². The first-order chi connectivity index (χ1) is 10.0. The van der Waals surface area contributed by atoms with Crippen LogP contribution in [0, 0.1) is 0 Å². The van der Waals surface area contributed by atoms with Crippen LogP contribution in [0.3, 0.4) is 0 Å². The molecule has 1 aliphatic heterocycles. The van der Waals surface area contributed by atoms with Crippen LogP contribution in [0.2, 0.25) is 0 Å². The number of benzene rings is 1. The first kappa shape index (κ1) is 14.0. The average Bonchev–Trinajstić information content (AvgIpc) is 2.97. The Morgan fingerprint density at radius 2 is 2.14 bits per heavy atom. The van der Waals surface area contributed by atoms with Crippen LogP contribution in [0.4, 0.5) is 13.2 Å². The number of hydrogen-bond acceptors (Lipinski definition) is 5. The first-order valence-corrected chi connectivity index (χ1v) is 6.37. The van der Waals surface area contributed by atoms with E-state index < -0.39 is 11.7 Å². The minimum absolute atomic E-state index is 0.116. The highest BCUT2D eigenvalue weighted by molar-refractivity contribution is 5.55. The number of aromatic nitrogens is 2. The molecule has 0 amide bonds. The van der Waals surface area contributed by atoms with Gasteiger partial charge in [0.1, 0.15) is 6.10 Å². The molecule has 1 N–H and O–H groups in total. The van der Waals surface area contributed by atoms with E-state index >= 15 is 0 Å². The van der Waals surface area contributed by atoms with Crippen molar-refractivity contribution < 1.29 is 22.4 Å². The standard InChI is InChI=1S/C13H12F3N3O2/c14-13(15,16)9-3-1-2-8(6-9)11-18-12(21-19-11)10-7-17-4-5-20-10/h1-3,6,10,17H,4-5,7H2/t10-/m1/s1. The summed E-state index contributed by atoms with van der Waals surface area (Å²) in [4.78, 5) is 4.12. The van der Waals surface area contributed by atoms with Crippen LogP contribution >= 0.6 is 0 Å². The largest absolute Gasteiger partial charge is 0.416 e. The molecule has 2 aromatic rings. The number of halogens is 3. The van der Waals surface area contributed by atoms with Gasteiger partial charge in [0.2, 0.25) is 5.82 Å². The second-order valence-electron chi connectivity index (χ2n) is 4.60. The van der Waals surface area contributed by atoms with Crippen molar-refractivity contribution in [2.24, 2.45) is 0 Å². The van der Waals surface area contributed by atoms with Crippen LogP contribution in [-0.4, -0.2) is 29.8 Å². The van der Waals surface area contributed by atoms with E-state index in [0.717, 1.165) is 18.7 Å². The number of rotatable bonds is 2. The minimum atomic E-state index is -4.40. The van der Waals surface area contributed by atoms with E-state index in [-0.39, 0.29) is 23.4 Å². The molecule has 21 heavy (non-hydrogen) atoms. The average molecular weight is 299 g/mol. The number of nitrogens with one attached hydrogen (secondary N) is 1. The molecule has 3 rings (SSSR count). The maximum atomic E-state index is 12.7. The summed E-state index contributed by atoms with van der Waals surface area (Å²) in [5, 5.41) is 6.83. The highest BCUT2D eigenvalue weighted by atomic mass is 19.4. The molecule has 0 bridgehead atoms. The molecule has 1 aliphatic rings. The quantitative estimate of drug-likeness (QED) is 0.923. The maximum Gasteiger partial charge on any atom is 0.416 e. The molecule has 0 saturated carbocycles. The van der Waals surface area contributed by atoms with Gasteiger partial charge in [-0.2, -0.15) is 18.2 Å². The van der Waals surface area contributed by atoms with Crippen molar-refractivity contribution in [3.8, 4) is 11.4 Å². The van der Waals surface area contributed by atoms with Crippen molar-refractivity contribution in [3.63, 3.8) is 0 Å². The molecule has 0 aliphatic carbocycles. The van der Waals surface area contributed by atoms with Crippen molar-refractivity contribution in [1.29, 1.82) is 0 Å². The summed E-state index contributed by atoms with van der Waals surface area (Å²) in [6.45, 7) is 1.79. The predicted molar refractivity (Wildman–Crippen MR) is 66.3 cm³/mol.